The number of nitrogens with zero attached hydrogens (tertiary/aromatic N) is 2. The lowest BCUT2D eigenvalue weighted by Crippen LogP contribution is -1.98. The van der Waals surface area contributed by atoms with E-state index in [4.69, 9.17) is 15.7 Å². The van der Waals surface area contributed by atoms with Gasteiger partial charge in [-0.05, 0) is 32.0 Å². The Kier molecular flexibility index (Phi) is 3.49. The topological polar surface area (TPSA) is 71.9 Å². The molecule has 2 aromatic rings. The number of thiazole rings is 1. The minimum Gasteiger partial charge on any atom is -0.484 e. The average Bonchev–Trinajstić information content (AvgIpc) is 2.67. The van der Waals surface area contributed by atoms with Crippen LogP contribution in [0.3, 0.4) is 0 Å². The van der Waals surface area contributed by atoms with Gasteiger partial charge in [0.1, 0.15) is 17.4 Å². The fourth-order valence-electron chi connectivity index (χ4n) is 1.49. The number of nitriles is 1. The van der Waals surface area contributed by atoms with E-state index in [-0.39, 0.29) is 0 Å². The number of nitrogens with two attached hydrogens (primary N) is 1. The standard InChI is InChI=1S/C13H13N3OS/c1-8-9(2)18-13(16-8)7-17-12-4-3-10(6-14)5-11(12)15/h3-5H,7,15H2,1-2H3. The Morgan fingerprint density at radius 3 is 2.78 bits per heavy atom. The second kappa shape index (κ2) is 5.07. The highest BCUT2D eigenvalue weighted by atomic mass is 32.1. The van der Waals surface area contributed by atoms with Crippen molar-refractivity contribution in [2.75, 3.05) is 5.73 Å². The Morgan fingerprint density at radius 2 is 2.22 bits per heavy atom. The SMILES string of the molecule is Cc1nc(COc2ccc(C#N)cc2N)sc1C. The van der Waals surface area contributed by atoms with Gasteiger partial charge in [0.05, 0.1) is 23.0 Å². The number of hydrogen-bond acceptors (Lipinski definition) is 5. The molecule has 0 bridgehead atoms. The lowest BCUT2D eigenvalue weighted by atomic mass is 10.2. The third kappa shape index (κ3) is 2.60. The van der Waals surface area contributed by atoms with Gasteiger partial charge < -0.3 is 10.5 Å². The zero-order valence-electron chi connectivity index (χ0n) is 10.2. The van der Waals surface area contributed by atoms with E-state index >= 15 is 0 Å². The zero-order valence-corrected chi connectivity index (χ0v) is 11.0. The first-order valence-corrected chi connectivity index (χ1v) is 6.27. The third-order valence-corrected chi connectivity index (χ3v) is 3.61. The van der Waals surface area contributed by atoms with Crippen LogP contribution in [0.1, 0.15) is 21.1 Å². The number of hydrogen-bond donors (Lipinski definition) is 1. The second-order valence-electron chi connectivity index (χ2n) is 3.90. The predicted octanol–water partition coefficient (Wildman–Crippen LogP) is 2.79. The van der Waals surface area contributed by atoms with Crippen molar-refractivity contribution in [1.82, 2.24) is 4.98 Å². The van der Waals surface area contributed by atoms with E-state index < -0.39 is 0 Å². The summed E-state index contributed by atoms with van der Waals surface area (Å²) in [7, 11) is 0. The molecule has 0 aliphatic rings. The van der Waals surface area contributed by atoms with Gasteiger partial charge in [-0.2, -0.15) is 5.26 Å². The van der Waals surface area contributed by atoms with E-state index in [1.165, 1.54) is 4.88 Å². The Morgan fingerprint density at radius 1 is 1.44 bits per heavy atom. The molecule has 1 aromatic heterocycles. The van der Waals surface area contributed by atoms with Crippen LogP contribution < -0.4 is 10.5 Å². The number of rotatable bonds is 3. The maximum Gasteiger partial charge on any atom is 0.142 e. The molecule has 2 N–H and O–H groups in total. The smallest absolute Gasteiger partial charge is 0.142 e. The third-order valence-electron chi connectivity index (χ3n) is 2.56. The monoisotopic (exact) mass is 259 g/mol. The Bertz CT molecular complexity index is 594. The van der Waals surface area contributed by atoms with Crippen LogP contribution >= 0.6 is 11.3 Å². The maximum atomic E-state index is 8.74. The van der Waals surface area contributed by atoms with Crippen molar-refractivity contribution in [2.45, 2.75) is 20.5 Å². The summed E-state index contributed by atoms with van der Waals surface area (Å²) >= 11 is 1.62. The number of nitrogen functional groups attached to an aromatic ring is 1. The van der Waals surface area contributed by atoms with Gasteiger partial charge in [-0.3, -0.25) is 0 Å². The molecular weight excluding hydrogens is 246 g/mol. The summed E-state index contributed by atoms with van der Waals surface area (Å²) in [6, 6.07) is 7.03. The first kappa shape index (κ1) is 12.4. The minimum atomic E-state index is 0.398. The van der Waals surface area contributed by atoms with Gasteiger partial charge >= 0.3 is 0 Å². The lowest BCUT2D eigenvalue weighted by Gasteiger charge is -2.07. The summed E-state index contributed by atoms with van der Waals surface area (Å²) in [6.07, 6.45) is 0. The fraction of sp³-hybridized carbons (Fsp3) is 0.231. The number of anilines is 1. The largest absolute Gasteiger partial charge is 0.484 e. The summed E-state index contributed by atoms with van der Waals surface area (Å²) in [6.45, 7) is 4.41. The van der Waals surface area contributed by atoms with E-state index in [2.05, 4.69) is 4.98 Å². The zero-order chi connectivity index (χ0) is 13.1. The summed E-state index contributed by atoms with van der Waals surface area (Å²) in [5.41, 5.74) is 7.84. The van der Waals surface area contributed by atoms with Crippen molar-refractivity contribution in [3.05, 3.63) is 39.3 Å². The first-order valence-electron chi connectivity index (χ1n) is 5.45. The second-order valence-corrected chi connectivity index (χ2v) is 5.19. The number of ether oxygens (including phenoxy) is 1. The molecule has 0 unspecified atom stereocenters. The molecule has 0 spiro atoms. The molecule has 0 aliphatic heterocycles. The van der Waals surface area contributed by atoms with Crippen molar-refractivity contribution in [3.8, 4) is 11.8 Å². The molecule has 18 heavy (non-hydrogen) atoms. The van der Waals surface area contributed by atoms with Crippen LogP contribution in [0.4, 0.5) is 5.69 Å². The van der Waals surface area contributed by atoms with Crippen LogP contribution in [-0.2, 0) is 6.61 Å². The van der Waals surface area contributed by atoms with Crippen molar-refractivity contribution in [3.63, 3.8) is 0 Å². The van der Waals surface area contributed by atoms with Gasteiger partial charge in [-0.25, -0.2) is 4.98 Å². The van der Waals surface area contributed by atoms with Gasteiger partial charge in [0, 0.05) is 4.88 Å². The summed E-state index contributed by atoms with van der Waals surface area (Å²) < 4.78 is 5.60. The van der Waals surface area contributed by atoms with Crippen LogP contribution in [0.2, 0.25) is 0 Å². The quantitative estimate of drug-likeness (QED) is 0.860. The molecule has 5 heteroatoms. The summed E-state index contributed by atoms with van der Waals surface area (Å²) in [4.78, 5) is 5.58. The van der Waals surface area contributed by atoms with Crippen LogP contribution in [0.15, 0.2) is 18.2 Å². The van der Waals surface area contributed by atoms with Crippen molar-refractivity contribution in [2.24, 2.45) is 0 Å². The normalized spacial score (nSPS) is 10.1. The first-order chi connectivity index (χ1) is 8.60. The molecule has 1 aromatic carbocycles. The fourth-order valence-corrected chi connectivity index (χ4v) is 2.34. The molecule has 0 aliphatic carbocycles. The molecule has 0 saturated carbocycles. The molecule has 0 atom stereocenters. The van der Waals surface area contributed by atoms with Crippen LogP contribution in [-0.4, -0.2) is 4.98 Å². The van der Waals surface area contributed by atoms with Gasteiger partial charge in [0.2, 0.25) is 0 Å². The molecule has 2 rings (SSSR count). The summed E-state index contributed by atoms with van der Waals surface area (Å²) in [5.74, 6) is 0.583. The van der Waals surface area contributed by atoms with E-state index in [0.29, 0.717) is 23.6 Å². The van der Waals surface area contributed by atoms with E-state index in [1.807, 2.05) is 19.9 Å². The van der Waals surface area contributed by atoms with Crippen molar-refractivity contribution in [1.29, 1.82) is 5.26 Å². The number of aromatic nitrogens is 1. The Labute approximate surface area is 110 Å². The van der Waals surface area contributed by atoms with Gasteiger partial charge in [0.25, 0.3) is 0 Å². The van der Waals surface area contributed by atoms with Gasteiger partial charge in [-0.1, -0.05) is 0 Å². The number of aryl methyl sites for hydroxylation is 2. The highest BCUT2D eigenvalue weighted by Crippen LogP contribution is 2.24. The highest BCUT2D eigenvalue weighted by Gasteiger charge is 2.06. The average molecular weight is 259 g/mol. The molecule has 92 valence electrons. The molecule has 0 fully saturated rings. The highest BCUT2D eigenvalue weighted by molar-refractivity contribution is 7.11. The van der Waals surface area contributed by atoms with Gasteiger partial charge in [0.15, 0.2) is 0 Å². The van der Waals surface area contributed by atoms with E-state index in [1.54, 1.807) is 29.5 Å². The lowest BCUT2D eigenvalue weighted by molar-refractivity contribution is 0.307. The number of benzene rings is 1. The van der Waals surface area contributed by atoms with E-state index in [9.17, 15) is 0 Å². The van der Waals surface area contributed by atoms with Gasteiger partial charge in [-0.15, -0.1) is 11.3 Å². The maximum absolute atomic E-state index is 8.74. The molecule has 0 amide bonds. The molecular formula is C13H13N3OS. The van der Waals surface area contributed by atoms with Crippen LogP contribution in [0.25, 0.3) is 0 Å². The summed E-state index contributed by atoms with van der Waals surface area (Å²) in [5, 5.41) is 9.66. The Balaban J connectivity index is 2.09. The van der Waals surface area contributed by atoms with E-state index in [0.717, 1.165) is 10.7 Å². The Hall–Kier alpha value is -2.06. The molecule has 0 saturated heterocycles. The van der Waals surface area contributed by atoms with Crippen LogP contribution in [0, 0.1) is 25.2 Å². The molecule has 4 nitrogen and oxygen atoms in total. The molecule has 0 radical (unpaired) electrons. The molecule has 1 heterocycles. The van der Waals surface area contributed by atoms with Crippen LogP contribution in [0.5, 0.6) is 5.75 Å². The predicted molar refractivity (Wildman–Crippen MR) is 71.5 cm³/mol. The van der Waals surface area contributed by atoms with Crippen molar-refractivity contribution >= 4 is 17.0 Å². The minimum absolute atomic E-state index is 0.398. The van der Waals surface area contributed by atoms with Crippen molar-refractivity contribution < 1.29 is 4.74 Å².